The largest absolute Gasteiger partial charge is 0.494 e. The molecule has 2 atom stereocenters. The number of benzene rings is 1. The molecule has 4 heterocycles. The Morgan fingerprint density at radius 2 is 2.19 bits per heavy atom. The second kappa shape index (κ2) is 8.93. The fourth-order valence-electron chi connectivity index (χ4n) is 5.59. The first-order chi connectivity index (χ1) is 17.3. The van der Waals surface area contributed by atoms with Crippen molar-refractivity contribution in [2.45, 2.75) is 44.8 Å². The highest BCUT2D eigenvalue weighted by Gasteiger charge is 2.43. The number of hydrogen-bond acceptors (Lipinski definition) is 8. The van der Waals surface area contributed by atoms with Crippen LogP contribution in [0.25, 0.3) is 16.3 Å². The summed E-state index contributed by atoms with van der Waals surface area (Å²) in [5.41, 5.74) is 5.38. The number of alkyl halides is 2. The van der Waals surface area contributed by atoms with Crippen LogP contribution in [0.15, 0.2) is 24.0 Å². The molecule has 2 aromatic heterocycles. The molecule has 3 aromatic rings. The molecule has 2 unspecified atom stereocenters. The quantitative estimate of drug-likeness (QED) is 0.441. The first-order valence-corrected chi connectivity index (χ1v) is 13.1. The van der Waals surface area contributed by atoms with Crippen molar-refractivity contribution in [1.82, 2.24) is 14.9 Å². The molecule has 2 aliphatic heterocycles. The summed E-state index contributed by atoms with van der Waals surface area (Å²) in [6, 6.07) is 4.06. The van der Waals surface area contributed by atoms with E-state index in [1.807, 2.05) is 6.07 Å². The van der Waals surface area contributed by atoms with Crippen molar-refractivity contribution < 1.29 is 18.6 Å². The number of aliphatic hydroxyl groups excluding tert-OH is 1. The molecule has 3 aliphatic rings. The monoisotopic (exact) mass is 513 g/mol. The zero-order chi connectivity index (χ0) is 25.0. The van der Waals surface area contributed by atoms with Gasteiger partial charge in [0.15, 0.2) is 0 Å². The number of methoxy groups -OCH3 is 1. The number of aryl methyl sites for hydroxylation is 1. The molecular formula is C26H29F2N5O2S. The van der Waals surface area contributed by atoms with Gasteiger partial charge in [-0.1, -0.05) is 11.6 Å². The van der Waals surface area contributed by atoms with Gasteiger partial charge in [0, 0.05) is 42.1 Å². The van der Waals surface area contributed by atoms with Crippen molar-refractivity contribution >= 4 is 44.8 Å². The highest BCUT2D eigenvalue weighted by molar-refractivity contribution is 7.19. The summed E-state index contributed by atoms with van der Waals surface area (Å²) in [6.45, 7) is 2.78. The molecule has 0 saturated carbocycles. The van der Waals surface area contributed by atoms with Crippen molar-refractivity contribution in [2.75, 3.05) is 37.4 Å². The predicted molar refractivity (Wildman–Crippen MR) is 138 cm³/mol. The summed E-state index contributed by atoms with van der Waals surface area (Å²) < 4.78 is 33.1. The van der Waals surface area contributed by atoms with Crippen molar-refractivity contribution in [3.8, 4) is 5.75 Å². The zero-order valence-electron chi connectivity index (χ0n) is 20.3. The van der Waals surface area contributed by atoms with E-state index in [1.165, 1.54) is 16.0 Å². The highest BCUT2D eigenvalue weighted by Crippen LogP contribution is 2.43. The van der Waals surface area contributed by atoms with E-state index in [-0.39, 0.29) is 25.4 Å². The Balaban J connectivity index is 1.30. The number of nitrogens with zero attached hydrogens (tertiary/aromatic N) is 3. The molecule has 3 N–H and O–H groups in total. The molecule has 1 aromatic carbocycles. The third-order valence-corrected chi connectivity index (χ3v) is 8.63. The van der Waals surface area contributed by atoms with Crippen LogP contribution in [0, 0.1) is 5.92 Å². The van der Waals surface area contributed by atoms with Gasteiger partial charge in [0.2, 0.25) is 0 Å². The second-order valence-corrected chi connectivity index (χ2v) is 11.1. The number of anilines is 3. The van der Waals surface area contributed by atoms with E-state index < -0.39 is 12.2 Å². The molecule has 1 aliphatic carbocycles. The SMILES string of the molecule is COc1cc2c(cc1Nc1ncnc3sc4c(c13)CCC(C(O)N1CCC(F)(F)C1)C4)C=C(C)CN2. The fourth-order valence-corrected chi connectivity index (χ4v) is 6.87. The van der Waals surface area contributed by atoms with Crippen molar-refractivity contribution in [3.63, 3.8) is 0 Å². The third kappa shape index (κ3) is 4.21. The number of aromatic nitrogens is 2. The van der Waals surface area contributed by atoms with Gasteiger partial charge in [0.05, 0.1) is 24.7 Å². The van der Waals surface area contributed by atoms with E-state index in [9.17, 15) is 13.9 Å². The Hall–Kier alpha value is -2.82. The average Bonchev–Trinajstić information content (AvgIpc) is 3.42. The van der Waals surface area contributed by atoms with E-state index in [4.69, 9.17) is 4.74 Å². The molecule has 0 amide bonds. The highest BCUT2D eigenvalue weighted by atomic mass is 32.1. The van der Waals surface area contributed by atoms with Crippen LogP contribution >= 0.6 is 11.3 Å². The predicted octanol–water partition coefficient (Wildman–Crippen LogP) is 5.04. The Morgan fingerprint density at radius 3 is 2.97 bits per heavy atom. The van der Waals surface area contributed by atoms with E-state index >= 15 is 0 Å². The van der Waals surface area contributed by atoms with Gasteiger partial charge in [0.1, 0.15) is 29.0 Å². The Morgan fingerprint density at radius 1 is 1.33 bits per heavy atom. The number of nitrogens with one attached hydrogen (secondary N) is 2. The summed E-state index contributed by atoms with van der Waals surface area (Å²) in [6.07, 6.45) is 4.81. The van der Waals surface area contributed by atoms with Crippen LogP contribution in [0.4, 0.5) is 26.0 Å². The van der Waals surface area contributed by atoms with E-state index in [1.54, 1.807) is 24.8 Å². The Bertz CT molecular complexity index is 1360. The fraction of sp³-hybridized carbons (Fsp3) is 0.462. The number of likely N-dealkylation sites (tertiary alicyclic amines) is 1. The number of thiophene rings is 1. The van der Waals surface area contributed by atoms with Crippen LogP contribution in [-0.2, 0) is 12.8 Å². The number of hydrogen-bond donors (Lipinski definition) is 3. The molecular weight excluding hydrogens is 484 g/mol. The van der Waals surface area contributed by atoms with Crippen LogP contribution in [0.3, 0.4) is 0 Å². The summed E-state index contributed by atoms with van der Waals surface area (Å²) in [5, 5.41) is 18.8. The number of fused-ring (bicyclic) bond motifs is 4. The lowest BCUT2D eigenvalue weighted by atomic mass is 9.86. The zero-order valence-corrected chi connectivity index (χ0v) is 21.1. The minimum absolute atomic E-state index is 0.0768. The van der Waals surface area contributed by atoms with Gasteiger partial charge in [-0.2, -0.15) is 0 Å². The van der Waals surface area contributed by atoms with Gasteiger partial charge >= 0.3 is 0 Å². The van der Waals surface area contributed by atoms with Crippen LogP contribution in [0.1, 0.15) is 35.8 Å². The third-order valence-electron chi connectivity index (χ3n) is 7.46. The van der Waals surface area contributed by atoms with Crippen LogP contribution in [0.5, 0.6) is 5.75 Å². The van der Waals surface area contributed by atoms with Crippen LogP contribution < -0.4 is 15.4 Å². The first kappa shape index (κ1) is 23.6. The summed E-state index contributed by atoms with van der Waals surface area (Å²) >= 11 is 1.60. The van der Waals surface area contributed by atoms with Crippen molar-refractivity contribution in [3.05, 3.63) is 40.0 Å². The molecule has 6 rings (SSSR count). The van der Waals surface area contributed by atoms with Crippen molar-refractivity contribution in [2.24, 2.45) is 5.92 Å². The smallest absolute Gasteiger partial charge is 0.261 e. The van der Waals surface area contributed by atoms with E-state index in [0.717, 1.165) is 63.0 Å². The molecule has 0 bridgehead atoms. The van der Waals surface area contributed by atoms with Crippen LogP contribution in [0.2, 0.25) is 0 Å². The maximum absolute atomic E-state index is 13.7. The van der Waals surface area contributed by atoms with Crippen LogP contribution in [-0.4, -0.2) is 58.9 Å². The minimum Gasteiger partial charge on any atom is -0.494 e. The summed E-state index contributed by atoms with van der Waals surface area (Å²) in [4.78, 5) is 12.7. The second-order valence-electron chi connectivity index (χ2n) is 10.0. The molecule has 0 radical (unpaired) electrons. The van der Waals surface area contributed by atoms with Crippen molar-refractivity contribution in [1.29, 1.82) is 0 Å². The van der Waals surface area contributed by atoms with Gasteiger partial charge < -0.3 is 20.5 Å². The van der Waals surface area contributed by atoms with Gasteiger partial charge in [-0.15, -0.1) is 11.3 Å². The average molecular weight is 514 g/mol. The number of halogens is 2. The number of rotatable bonds is 5. The molecule has 190 valence electrons. The maximum Gasteiger partial charge on any atom is 0.261 e. The van der Waals surface area contributed by atoms with Gasteiger partial charge in [-0.05, 0) is 43.4 Å². The Kier molecular flexibility index (Phi) is 5.85. The summed E-state index contributed by atoms with van der Waals surface area (Å²) in [7, 11) is 1.65. The Labute approximate surface area is 212 Å². The van der Waals surface area contributed by atoms with Gasteiger partial charge in [-0.3, -0.25) is 4.90 Å². The van der Waals surface area contributed by atoms with E-state index in [2.05, 4.69) is 39.7 Å². The molecule has 1 saturated heterocycles. The topological polar surface area (TPSA) is 82.5 Å². The molecule has 10 heteroatoms. The van der Waals surface area contributed by atoms with E-state index in [0.29, 0.717) is 6.42 Å². The molecule has 7 nitrogen and oxygen atoms in total. The number of ether oxygens (including phenoxy) is 1. The molecule has 1 fully saturated rings. The summed E-state index contributed by atoms with van der Waals surface area (Å²) in [5.74, 6) is -1.35. The normalized spacial score (nSPS) is 21.9. The number of aliphatic hydroxyl groups is 1. The lowest BCUT2D eigenvalue weighted by Crippen LogP contribution is -2.42. The lowest BCUT2D eigenvalue weighted by Gasteiger charge is -2.32. The lowest BCUT2D eigenvalue weighted by molar-refractivity contribution is -0.0574. The van der Waals surface area contributed by atoms with Gasteiger partial charge in [-0.25, -0.2) is 18.7 Å². The molecule has 36 heavy (non-hydrogen) atoms. The van der Waals surface area contributed by atoms with Gasteiger partial charge in [0.25, 0.3) is 5.92 Å². The first-order valence-electron chi connectivity index (χ1n) is 12.3. The standard InChI is InChI=1S/C26H29F2N5O2S/c1-14-7-16-8-19(20(35-2)10-18(16)29-11-14)32-23-22-17-4-3-15(9-21(17)36-24(22)31-13-30-23)25(34)33-6-5-26(27,28)12-33/h7-8,10,13,15,25,29,34H,3-6,9,11-12H2,1-2H3,(H,30,31,32). The maximum atomic E-state index is 13.7. The molecule has 0 spiro atoms. The minimum atomic E-state index is -2.71.